The molecule has 1 N–H and O–H groups in total. The molecule has 0 aliphatic carbocycles. The van der Waals surface area contributed by atoms with E-state index in [0.717, 1.165) is 5.56 Å². The Bertz CT molecular complexity index is 427. The second-order valence-corrected chi connectivity index (χ2v) is 4.09. The molecule has 2 rings (SSSR count). The Balaban J connectivity index is 2.37. The van der Waals surface area contributed by atoms with Gasteiger partial charge in [0, 0.05) is 12.8 Å². The van der Waals surface area contributed by atoms with E-state index in [4.69, 9.17) is 9.47 Å². The molecule has 86 valence electrons. The molecule has 4 heteroatoms. The summed E-state index contributed by atoms with van der Waals surface area (Å²) >= 11 is 0. The van der Waals surface area contributed by atoms with Gasteiger partial charge in [-0.1, -0.05) is 6.07 Å². The predicted octanol–water partition coefficient (Wildman–Crippen LogP) is 1.95. The third kappa shape index (κ3) is 1.71. The largest absolute Gasteiger partial charge is 0.504 e. The highest BCUT2D eigenvalue weighted by Crippen LogP contribution is 2.39. The van der Waals surface area contributed by atoms with Crippen LogP contribution in [0, 0.1) is 0 Å². The van der Waals surface area contributed by atoms with Crippen LogP contribution in [0.4, 0.5) is 0 Å². The van der Waals surface area contributed by atoms with Crippen molar-refractivity contribution in [2.24, 2.45) is 0 Å². The minimum absolute atomic E-state index is 0.0826. The number of aromatic hydroxyl groups is 1. The quantitative estimate of drug-likeness (QED) is 0.777. The van der Waals surface area contributed by atoms with E-state index in [9.17, 15) is 9.90 Å². The smallest absolute Gasteiger partial charge is 0.306 e. The van der Waals surface area contributed by atoms with Crippen molar-refractivity contribution in [1.82, 2.24) is 0 Å². The number of hydrogen-bond donors (Lipinski definition) is 1. The summed E-state index contributed by atoms with van der Waals surface area (Å²) in [6.07, 6.45) is 1.08. The summed E-state index contributed by atoms with van der Waals surface area (Å²) in [4.78, 5) is 11.2. The molecular weight excluding hydrogens is 208 g/mol. The molecule has 4 nitrogen and oxygen atoms in total. The summed E-state index contributed by atoms with van der Waals surface area (Å²) in [6, 6.07) is 5.00. The van der Waals surface area contributed by atoms with Crippen molar-refractivity contribution in [3.05, 3.63) is 23.8 Å². The Morgan fingerprint density at radius 3 is 2.81 bits per heavy atom. The van der Waals surface area contributed by atoms with Gasteiger partial charge in [0.05, 0.1) is 7.11 Å². The van der Waals surface area contributed by atoms with Crippen molar-refractivity contribution in [1.29, 1.82) is 0 Å². The number of carbonyl (C=O) groups is 1. The number of phenolic OH excluding ortho intramolecular Hbond substituents is 1. The molecule has 1 saturated heterocycles. The summed E-state index contributed by atoms with van der Waals surface area (Å²) in [5.41, 5.74) is 0.242. The highest BCUT2D eigenvalue weighted by molar-refractivity contribution is 5.72. The lowest BCUT2D eigenvalue weighted by atomic mass is 9.93. The molecule has 0 amide bonds. The number of hydrogen-bond acceptors (Lipinski definition) is 4. The van der Waals surface area contributed by atoms with Gasteiger partial charge in [-0.25, -0.2) is 0 Å². The van der Waals surface area contributed by atoms with Crippen LogP contribution in [0.15, 0.2) is 18.2 Å². The lowest BCUT2D eigenvalue weighted by Crippen LogP contribution is -2.20. The van der Waals surface area contributed by atoms with Crippen LogP contribution in [0.2, 0.25) is 0 Å². The molecule has 1 aliphatic heterocycles. The number of phenols is 1. The Labute approximate surface area is 93.8 Å². The number of methoxy groups -OCH3 is 1. The maximum atomic E-state index is 11.2. The first kappa shape index (κ1) is 10.8. The molecule has 1 aliphatic rings. The number of carbonyl (C=O) groups excluding carboxylic acids is 1. The van der Waals surface area contributed by atoms with Gasteiger partial charge in [0.2, 0.25) is 0 Å². The average Bonchev–Trinajstić information content (AvgIpc) is 2.60. The number of ether oxygens (including phenoxy) is 2. The normalized spacial score (nSPS) is 24.2. The Kier molecular flexibility index (Phi) is 2.50. The van der Waals surface area contributed by atoms with Crippen LogP contribution in [-0.4, -0.2) is 18.2 Å². The van der Waals surface area contributed by atoms with Crippen LogP contribution < -0.4 is 4.74 Å². The minimum Gasteiger partial charge on any atom is -0.504 e. The Morgan fingerprint density at radius 2 is 2.25 bits per heavy atom. The van der Waals surface area contributed by atoms with Crippen LogP contribution in [-0.2, 0) is 15.1 Å². The molecule has 1 atom stereocenters. The van der Waals surface area contributed by atoms with Gasteiger partial charge < -0.3 is 14.6 Å². The third-order valence-corrected chi connectivity index (χ3v) is 2.94. The van der Waals surface area contributed by atoms with Crippen LogP contribution in [0.5, 0.6) is 11.5 Å². The molecule has 1 unspecified atom stereocenters. The van der Waals surface area contributed by atoms with E-state index >= 15 is 0 Å². The SMILES string of the molecule is COc1cc(C2(C)CCC(=O)O2)ccc1O. The second-order valence-electron chi connectivity index (χ2n) is 4.09. The van der Waals surface area contributed by atoms with E-state index in [2.05, 4.69) is 0 Å². The van der Waals surface area contributed by atoms with Crippen LogP contribution in [0.3, 0.4) is 0 Å². The van der Waals surface area contributed by atoms with Crippen molar-refractivity contribution >= 4 is 5.97 Å². The van der Waals surface area contributed by atoms with Gasteiger partial charge in [0.15, 0.2) is 11.5 Å². The number of benzene rings is 1. The van der Waals surface area contributed by atoms with Crippen molar-refractivity contribution in [3.8, 4) is 11.5 Å². The van der Waals surface area contributed by atoms with E-state index in [1.54, 1.807) is 18.2 Å². The van der Waals surface area contributed by atoms with Gasteiger partial charge >= 0.3 is 5.97 Å². The Hall–Kier alpha value is -1.71. The fourth-order valence-corrected chi connectivity index (χ4v) is 1.90. The molecule has 0 bridgehead atoms. The summed E-state index contributed by atoms with van der Waals surface area (Å²) in [5.74, 6) is 0.287. The van der Waals surface area contributed by atoms with Crippen molar-refractivity contribution in [2.45, 2.75) is 25.4 Å². The molecule has 0 aromatic heterocycles. The van der Waals surface area contributed by atoms with E-state index < -0.39 is 5.60 Å². The van der Waals surface area contributed by atoms with Gasteiger partial charge in [-0.3, -0.25) is 4.79 Å². The van der Waals surface area contributed by atoms with Crippen molar-refractivity contribution < 1.29 is 19.4 Å². The highest BCUT2D eigenvalue weighted by Gasteiger charge is 2.37. The molecule has 1 aromatic rings. The molecular formula is C12H14O4. The summed E-state index contributed by atoms with van der Waals surface area (Å²) in [6.45, 7) is 1.86. The van der Waals surface area contributed by atoms with Crippen LogP contribution >= 0.6 is 0 Å². The maximum absolute atomic E-state index is 11.2. The van der Waals surface area contributed by atoms with Gasteiger partial charge in [-0.15, -0.1) is 0 Å². The van der Waals surface area contributed by atoms with Crippen molar-refractivity contribution in [3.63, 3.8) is 0 Å². The molecule has 1 fully saturated rings. The molecule has 16 heavy (non-hydrogen) atoms. The zero-order valence-electron chi connectivity index (χ0n) is 9.32. The minimum atomic E-state index is -0.599. The fourth-order valence-electron chi connectivity index (χ4n) is 1.90. The van der Waals surface area contributed by atoms with Crippen molar-refractivity contribution in [2.75, 3.05) is 7.11 Å². The van der Waals surface area contributed by atoms with E-state index in [1.807, 2.05) is 6.92 Å². The summed E-state index contributed by atoms with van der Waals surface area (Å²) < 4.78 is 10.3. The highest BCUT2D eigenvalue weighted by atomic mass is 16.6. The molecule has 1 heterocycles. The van der Waals surface area contributed by atoms with Gasteiger partial charge in [0.1, 0.15) is 5.60 Å². The maximum Gasteiger partial charge on any atom is 0.306 e. The van der Waals surface area contributed by atoms with Gasteiger partial charge in [-0.2, -0.15) is 0 Å². The van der Waals surface area contributed by atoms with E-state index in [1.165, 1.54) is 7.11 Å². The molecule has 1 aromatic carbocycles. The summed E-state index contributed by atoms with van der Waals surface area (Å²) in [5, 5.41) is 9.48. The lowest BCUT2D eigenvalue weighted by Gasteiger charge is -2.23. The van der Waals surface area contributed by atoms with Crippen LogP contribution in [0.25, 0.3) is 0 Å². The fraction of sp³-hybridized carbons (Fsp3) is 0.417. The van der Waals surface area contributed by atoms with Gasteiger partial charge in [0.25, 0.3) is 0 Å². The monoisotopic (exact) mass is 222 g/mol. The molecule has 0 saturated carbocycles. The average molecular weight is 222 g/mol. The second kappa shape index (κ2) is 3.70. The predicted molar refractivity (Wildman–Crippen MR) is 57.3 cm³/mol. The Morgan fingerprint density at radius 1 is 1.50 bits per heavy atom. The zero-order chi connectivity index (χ0) is 11.8. The van der Waals surface area contributed by atoms with E-state index in [-0.39, 0.29) is 11.7 Å². The lowest BCUT2D eigenvalue weighted by molar-refractivity contribution is -0.147. The van der Waals surface area contributed by atoms with Gasteiger partial charge in [-0.05, 0) is 24.6 Å². The zero-order valence-corrected chi connectivity index (χ0v) is 9.32. The standard InChI is InChI=1S/C12H14O4/c1-12(6-5-11(14)16-12)8-3-4-9(13)10(7-8)15-2/h3-4,7,13H,5-6H2,1-2H3. The first-order chi connectivity index (χ1) is 7.55. The number of cyclic esters (lactones) is 1. The first-order valence-corrected chi connectivity index (χ1v) is 5.14. The number of rotatable bonds is 2. The summed E-state index contributed by atoms with van der Waals surface area (Å²) in [7, 11) is 1.49. The molecule has 0 spiro atoms. The third-order valence-electron chi connectivity index (χ3n) is 2.94. The first-order valence-electron chi connectivity index (χ1n) is 5.14. The number of esters is 1. The molecule has 0 radical (unpaired) electrons. The van der Waals surface area contributed by atoms with E-state index in [0.29, 0.717) is 18.6 Å². The van der Waals surface area contributed by atoms with Crippen LogP contribution in [0.1, 0.15) is 25.3 Å². The topological polar surface area (TPSA) is 55.8 Å².